The zero-order valence-corrected chi connectivity index (χ0v) is 13.0. The maximum absolute atomic E-state index is 13.7. The second-order valence-electron chi connectivity index (χ2n) is 4.29. The molecule has 0 atom stereocenters. The molecule has 0 saturated heterocycles. The molecule has 0 amide bonds. The smallest absolute Gasteiger partial charge is 0.266 e. The van der Waals surface area contributed by atoms with Crippen LogP contribution in [0.1, 0.15) is 5.56 Å². The van der Waals surface area contributed by atoms with Crippen LogP contribution in [0.4, 0.5) is 18.9 Å². The number of aryl methyl sites for hydroxylation is 1. The average molecular weight is 380 g/mol. The number of anilines is 1. The summed E-state index contributed by atoms with van der Waals surface area (Å²) in [6.07, 6.45) is 0. The van der Waals surface area contributed by atoms with Crippen molar-refractivity contribution in [1.29, 1.82) is 0 Å². The van der Waals surface area contributed by atoms with Crippen LogP contribution in [0.3, 0.4) is 0 Å². The largest absolute Gasteiger partial charge is 0.277 e. The Labute approximate surface area is 128 Å². The molecule has 2 rings (SSSR count). The molecular formula is C13H9BrF3NO2S. The van der Waals surface area contributed by atoms with Gasteiger partial charge in [0, 0.05) is 10.5 Å². The molecule has 0 aliphatic heterocycles. The normalized spacial score (nSPS) is 11.5. The molecule has 0 saturated carbocycles. The van der Waals surface area contributed by atoms with Gasteiger partial charge >= 0.3 is 0 Å². The Hall–Kier alpha value is -1.54. The van der Waals surface area contributed by atoms with Gasteiger partial charge in [-0.05, 0) is 46.6 Å². The average Bonchev–Trinajstić information content (AvgIpc) is 2.30. The zero-order chi connectivity index (χ0) is 15.8. The van der Waals surface area contributed by atoms with E-state index >= 15 is 0 Å². The Morgan fingerprint density at radius 3 is 2.29 bits per heavy atom. The van der Waals surface area contributed by atoms with Gasteiger partial charge in [-0.15, -0.1) is 0 Å². The molecule has 0 fully saturated rings. The number of hydrogen-bond acceptors (Lipinski definition) is 2. The van der Waals surface area contributed by atoms with Gasteiger partial charge in [0.15, 0.2) is 0 Å². The van der Waals surface area contributed by atoms with Gasteiger partial charge < -0.3 is 0 Å². The van der Waals surface area contributed by atoms with Crippen LogP contribution in [0, 0.1) is 24.4 Å². The third-order valence-electron chi connectivity index (χ3n) is 2.60. The lowest BCUT2D eigenvalue weighted by atomic mass is 10.2. The summed E-state index contributed by atoms with van der Waals surface area (Å²) in [5.74, 6) is -3.00. The molecule has 2 aromatic carbocycles. The number of hydrogen-bond donors (Lipinski definition) is 1. The zero-order valence-electron chi connectivity index (χ0n) is 10.6. The molecule has 8 heteroatoms. The molecule has 0 bridgehead atoms. The summed E-state index contributed by atoms with van der Waals surface area (Å²) in [7, 11) is -4.41. The van der Waals surface area contributed by atoms with Crippen LogP contribution in [0.15, 0.2) is 39.7 Å². The Morgan fingerprint density at radius 1 is 1.05 bits per heavy atom. The van der Waals surface area contributed by atoms with Gasteiger partial charge in [-0.1, -0.05) is 6.07 Å². The second-order valence-corrected chi connectivity index (χ2v) is 6.76. The Kier molecular flexibility index (Phi) is 4.29. The minimum absolute atomic E-state index is 0.292. The van der Waals surface area contributed by atoms with Crippen molar-refractivity contribution in [2.75, 3.05) is 4.72 Å². The standard InChI is InChI=1S/C13H9BrF3NO2S/c1-7-2-3-12(10(16)4-7)18-21(19,20)13-9(14)5-8(15)6-11(13)17/h2-6,18H,1H3. The summed E-state index contributed by atoms with van der Waals surface area (Å²) in [4.78, 5) is -0.788. The Balaban J connectivity index is 2.48. The fourth-order valence-electron chi connectivity index (χ4n) is 1.68. The van der Waals surface area contributed by atoms with Crippen molar-refractivity contribution in [3.05, 3.63) is 57.8 Å². The van der Waals surface area contributed by atoms with Crippen molar-refractivity contribution >= 4 is 31.6 Å². The van der Waals surface area contributed by atoms with Gasteiger partial charge in [0.05, 0.1) is 5.69 Å². The summed E-state index contributed by atoms with van der Waals surface area (Å²) in [5.41, 5.74) is 0.279. The van der Waals surface area contributed by atoms with E-state index in [1.165, 1.54) is 12.1 Å². The topological polar surface area (TPSA) is 46.2 Å². The fourth-order valence-corrected chi connectivity index (χ4v) is 3.92. The van der Waals surface area contributed by atoms with Gasteiger partial charge in [-0.3, -0.25) is 4.72 Å². The molecule has 3 nitrogen and oxygen atoms in total. The molecule has 0 aromatic heterocycles. The van der Waals surface area contributed by atoms with Crippen molar-refractivity contribution in [1.82, 2.24) is 0 Å². The van der Waals surface area contributed by atoms with Crippen molar-refractivity contribution in [3.63, 3.8) is 0 Å². The molecule has 0 heterocycles. The molecule has 21 heavy (non-hydrogen) atoms. The number of halogens is 4. The second kappa shape index (κ2) is 5.69. The predicted molar refractivity (Wildman–Crippen MR) is 76.0 cm³/mol. The highest BCUT2D eigenvalue weighted by Crippen LogP contribution is 2.28. The highest BCUT2D eigenvalue weighted by atomic mass is 79.9. The molecule has 0 aliphatic carbocycles. The highest BCUT2D eigenvalue weighted by Gasteiger charge is 2.24. The monoisotopic (exact) mass is 379 g/mol. The van der Waals surface area contributed by atoms with E-state index in [4.69, 9.17) is 0 Å². The quantitative estimate of drug-likeness (QED) is 0.876. The van der Waals surface area contributed by atoms with Gasteiger partial charge in [-0.25, -0.2) is 21.6 Å². The van der Waals surface area contributed by atoms with Crippen molar-refractivity contribution < 1.29 is 21.6 Å². The summed E-state index contributed by atoms with van der Waals surface area (Å²) in [5, 5.41) is 0. The minimum Gasteiger partial charge on any atom is -0.277 e. The highest BCUT2D eigenvalue weighted by molar-refractivity contribution is 9.10. The lowest BCUT2D eigenvalue weighted by molar-refractivity contribution is 0.548. The molecule has 1 N–H and O–H groups in total. The summed E-state index contributed by atoms with van der Waals surface area (Å²) >= 11 is 2.78. The Morgan fingerprint density at radius 2 is 1.71 bits per heavy atom. The van der Waals surface area contributed by atoms with Crippen molar-refractivity contribution in [2.45, 2.75) is 11.8 Å². The summed E-state index contributed by atoms with van der Waals surface area (Å²) in [6.45, 7) is 1.64. The van der Waals surface area contributed by atoms with E-state index in [1.54, 1.807) is 6.92 Å². The van der Waals surface area contributed by atoms with E-state index in [-0.39, 0.29) is 10.2 Å². The van der Waals surface area contributed by atoms with E-state index in [2.05, 4.69) is 15.9 Å². The fraction of sp³-hybridized carbons (Fsp3) is 0.0769. The Bertz CT molecular complexity index is 786. The van der Waals surface area contributed by atoms with Crippen molar-refractivity contribution in [2.24, 2.45) is 0 Å². The van der Waals surface area contributed by atoms with Crippen LogP contribution in [-0.4, -0.2) is 8.42 Å². The van der Waals surface area contributed by atoms with E-state index < -0.39 is 32.4 Å². The molecular weight excluding hydrogens is 371 g/mol. The molecule has 0 spiro atoms. The molecule has 0 aliphatic rings. The van der Waals surface area contributed by atoms with E-state index in [1.807, 2.05) is 4.72 Å². The first-order chi connectivity index (χ1) is 9.70. The SMILES string of the molecule is Cc1ccc(NS(=O)(=O)c2c(F)cc(F)cc2Br)c(F)c1. The van der Waals surface area contributed by atoms with Crippen LogP contribution in [0.2, 0.25) is 0 Å². The van der Waals surface area contributed by atoms with Gasteiger partial charge in [-0.2, -0.15) is 0 Å². The third-order valence-corrected chi connectivity index (χ3v) is 4.93. The lowest BCUT2D eigenvalue weighted by Crippen LogP contribution is -2.16. The van der Waals surface area contributed by atoms with Crippen LogP contribution < -0.4 is 4.72 Å². The van der Waals surface area contributed by atoms with Gasteiger partial charge in [0.25, 0.3) is 10.0 Å². The van der Waals surface area contributed by atoms with E-state index in [0.29, 0.717) is 11.6 Å². The molecule has 2 aromatic rings. The van der Waals surface area contributed by atoms with Gasteiger partial charge in [0.1, 0.15) is 22.3 Å². The van der Waals surface area contributed by atoms with E-state index in [0.717, 1.165) is 12.1 Å². The maximum atomic E-state index is 13.7. The predicted octanol–water partition coefficient (Wildman–Crippen LogP) is 3.98. The number of rotatable bonds is 3. The lowest BCUT2D eigenvalue weighted by Gasteiger charge is -2.11. The van der Waals surface area contributed by atoms with Crippen LogP contribution >= 0.6 is 15.9 Å². The van der Waals surface area contributed by atoms with Crippen molar-refractivity contribution in [3.8, 4) is 0 Å². The van der Waals surface area contributed by atoms with Crippen LogP contribution in [-0.2, 0) is 10.0 Å². The van der Waals surface area contributed by atoms with E-state index in [9.17, 15) is 21.6 Å². The first kappa shape index (κ1) is 15.8. The number of benzene rings is 2. The maximum Gasteiger partial charge on any atom is 0.266 e. The minimum atomic E-state index is -4.41. The summed E-state index contributed by atoms with van der Waals surface area (Å²) in [6, 6.07) is 5.09. The van der Waals surface area contributed by atoms with Gasteiger partial charge in [0.2, 0.25) is 0 Å². The first-order valence-corrected chi connectivity index (χ1v) is 7.92. The van der Waals surface area contributed by atoms with Crippen LogP contribution in [0.25, 0.3) is 0 Å². The van der Waals surface area contributed by atoms with Crippen LogP contribution in [0.5, 0.6) is 0 Å². The molecule has 0 radical (unpaired) electrons. The first-order valence-electron chi connectivity index (χ1n) is 5.64. The number of sulfonamides is 1. The number of nitrogens with one attached hydrogen (secondary N) is 1. The molecule has 0 unspecified atom stereocenters. The molecule has 112 valence electrons. The summed E-state index contributed by atoms with van der Waals surface area (Å²) < 4.78 is 66.2. The third kappa shape index (κ3) is 3.38.